The quantitative estimate of drug-likeness (QED) is 0.424. The van der Waals surface area contributed by atoms with Crippen molar-refractivity contribution in [2.24, 2.45) is 0 Å². The van der Waals surface area contributed by atoms with Crippen LogP contribution in [0.5, 0.6) is 0 Å². The Morgan fingerprint density at radius 2 is 2.03 bits per heavy atom. The third kappa shape index (κ3) is 3.47. The van der Waals surface area contributed by atoms with Crippen LogP contribution < -0.4 is 10.2 Å². The predicted molar refractivity (Wildman–Crippen MR) is 135 cm³/mol. The minimum absolute atomic E-state index is 0.0114. The predicted octanol–water partition coefficient (Wildman–Crippen LogP) is 4.42. The van der Waals surface area contributed by atoms with E-state index in [-0.39, 0.29) is 30.0 Å². The zero-order valence-electron chi connectivity index (χ0n) is 19.0. The van der Waals surface area contributed by atoms with Crippen LogP contribution in [0, 0.1) is 0 Å². The van der Waals surface area contributed by atoms with Gasteiger partial charge in [-0.15, -0.1) is 21.5 Å². The minimum atomic E-state index is -0.194. The number of nitrogens with zero attached hydrogens (tertiary/aromatic N) is 5. The molecule has 1 aromatic carbocycles. The molecule has 0 fully saturated rings. The van der Waals surface area contributed by atoms with Gasteiger partial charge in [0.05, 0.1) is 22.5 Å². The molecule has 6 rings (SSSR count). The summed E-state index contributed by atoms with van der Waals surface area (Å²) in [5, 5.41) is 13.7. The molecule has 0 atom stereocenters. The van der Waals surface area contributed by atoms with Gasteiger partial charge in [0.1, 0.15) is 17.2 Å². The lowest BCUT2D eigenvalue weighted by Gasteiger charge is -2.29. The maximum atomic E-state index is 13.2. The van der Waals surface area contributed by atoms with E-state index in [0.29, 0.717) is 10.8 Å². The molecule has 4 aromatic rings. The van der Waals surface area contributed by atoms with E-state index in [1.165, 1.54) is 35.0 Å². The number of amides is 2. The maximum Gasteiger partial charge on any atom is 0.244 e. The SMILES string of the molecule is CC(C)c1nc2sc3c(c2c2nnc(SCC(=O)N4CC(=O)Nc5ccccc54)n12)CCCC3. The number of benzene rings is 1. The van der Waals surface area contributed by atoms with Crippen molar-refractivity contribution in [3.05, 3.63) is 40.5 Å². The number of hydrogen-bond acceptors (Lipinski definition) is 7. The Balaban J connectivity index is 1.36. The molecule has 0 radical (unpaired) electrons. The molecule has 34 heavy (non-hydrogen) atoms. The summed E-state index contributed by atoms with van der Waals surface area (Å²) in [6.07, 6.45) is 4.57. The Hall–Kier alpha value is -2.98. The van der Waals surface area contributed by atoms with Gasteiger partial charge in [0.15, 0.2) is 10.8 Å². The van der Waals surface area contributed by atoms with Gasteiger partial charge < -0.3 is 10.2 Å². The Morgan fingerprint density at radius 1 is 1.21 bits per heavy atom. The first-order valence-electron chi connectivity index (χ1n) is 11.5. The van der Waals surface area contributed by atoms with E-state index in [9.17, 15) is 9.59 Å². The number of aryl methyl sites for hydroxylation is 2. The Kier molecular flexibility index (Phi) is 5.29. The fourth-order valence-electron chi connectivity index (χ4n) is 4.79. The van der Waals surface area contributed by atoms with Crippen LogP contribution in [-0.4, -0.2) is 43.7 Å². The summed E-state index contributed by atoms with van der Waals surface area (Å²) in [5.41, 5.74) is 3.58. The third-order valence-corrected chi connectivity index (χ3v) is 8.47. The number of rotatable bonds is 4. The smallest absolute Gasteiger partial charge is 0.244 e. The number of thiophene rings is 1. The number of carbonyl (C=O) groups is 2. The molecular formula is C24H24N6O2S2. The third-order valence-electron chi connectivity index (χ3n) is 6.37. The number of anilines is 2. The highest BCUT2D eigenvalue weighted by molar-refractivity contribution is 7.99. The molecule has 1 N–H and O–H groups in total. The van der Waals surface area contributed by atoms with E-state index < -0.39 is 0 Å². The number of aromatic nitrogens is 4. The van der Waals surface area contributed by atoms with Crippen molar-refractivity contribution in [1.29, 1.82) is 0 Å². The number of thioether (sulfide) groups is 1. The standard InChI is InChI=1S/C24H24N6O2S2/c1-13(2)21-26-23-20(14-7-3-6-10-17(14)34-23)22-27-28-24(30(21)22)33-12-19(32)29-11-18(31)25-15-8-4-5-9-16(15)29/h4-5,8-9,13H,3,6-7,10-12H2,1-2H3,(H,25,31). The zero-order valence-corrected chi connectivity index (χ0v) is 20.6. The van der Waals surface area contributed by atoms with Crippen molar-refractivity contribution >= 4 is 62.2 Å². The number of fused-ring (bicyclic) bond motifs is 6. The molecular weight excluding hydrogens is 468 g/mol. The summed E-state index contributed by atoms with van der Waals surface area (Å²) < 4.78 is 2.03. The van der Waals surface area contributed by atoms with Gasteiger partial charge in [0, 0.05) is 10.8 Å². The van der Waals surface area contributed by atoms with Gasteiger partial charge in [0.25, 0.3) is 0 Å². The molecule has 1 aliphatic heterocycles. The molecule has 0 saturated heterocycles. The van der Waals surface area contributed by atoms with Crippen molar-refractivity contribution in [2.45, 2.75) is 50.6 Å². The van der Waals surface area contributed by atoms with Gasteiger partial charge in [-0.1, -0.05) is 37.7 Å². The monoisotopic (exact) mass is 492 g/mol. The second kappa shape index (κ2) is 8.35. The lowest BCUT2D eigenvalue weighted by molar-refractivity contribution is -0.120. The Bertz CT molecular complexity index is 1460. The van der Waals surface area contributed by atoms with Crippen LogP contribution in [0.25, 0.3) is 15.9 Å². The van der Waals surface area contributed by atoms with E-state index in [0.717, 1.165) is 40.2 Å². The van der Waals surface area contributed by atoms with Crippen molar-refractivity contribution in [3.8, 4) is 0 Å². The van der Waals surface area contributed by atoms with E-state index >= 15 is 0 Å². The molecule has 4 heterocycles. The van der Waals surface area contributed by atoms with E-state index in [1.54, 1.807) is 22.3 Å². The first-order valence-corrected chi connectivity index (χ1v) is 13.3. The summed E-state index contributed by atoms with van der Waals surface area (Å²) in [6.45, 7) is 4.24. The molecule has 8 nitrogen and oxygen atoms in total. The van der Waals surface area contributed by atoms with Crippen molar-refractivity contribution in [3.63, 3.8) is 0 Å². The molecule has 0 unspecified atom stereocenters. The highest BCUT2D eigenvalue weighted by atomic mass is 32.2. The average molecular weight is 493 g/mol. The number of para-hydroxylation sites is 2. The van der Waals surface area contributed by atoms with Gasteiger partial charge in [-0.05, 0) is 43.4 Å². The van der Waals surface area contributed by atoms with Gasteiger partial charge in [-0.3, -0.25) is 14.0 Å². The molecule has 2 amide bonds. The first-order chi connectivity index (χ1) is 16.5. The van der Waals surface area contributed by atoms with Crippen LogP contribution in [0.15, 0.2) is 29.4 Å². The first kappa shape index (κ1) is 21.5. The molecule has 0 spiro atoms. The fourth-order valence-corrected chi connectivity index (χ4v) is 6.87. The van der Waals surface area contributed by atoms with Gasteiger partial charge in [-0.25, -0.2) is 4.98 Å². The van der Waals surface area contributed by atoms with Crippen molar-refractivity contribution in [2.75, 3.05) is 22.5 Å². The molecule has 10 heteroatoms. The topological polar surface area (TPSA) is 92.5 Å². The number of carbonyl (C=O) groups excluding carboxylic acids is 2. The summed E-state index contributed by atoms with van der Waals surface area (Å²) in [6, 6.07) is 7.36. The highest BCUT2D eigenvalue weighted by Gasteiger charge is 2.28. The minimum Gasteiger partial charge on any atom is -0.323 e. The zero-order chi connectivity index (χ0) is 23.4. The largest absolute Gasteiger partial charge is 0.323 e. The van der Waals surface area contributed by atoms with Crippen LogP contribution in [0.4, 0.5) is 11.4 Å². The average Bonchev–Trinajstić information content (AvgIpc) is 3.42. The second-order valence-corrected chi connectivity index (χ2v) is 11.0. The normalized spacial score (nSPS) is 15.6. The lowest BCUT2D eigenvalue weighted by atomic mass is 9.97. The molecule has 0 bridgehead atoms. The van der Waals surface area contributed by atoms with Crippen LogP contribution in [-0.2, 0) is 22.4 Å². The van der Waals surface area contributed by atoms with Crippen LogP contribution in [0.3, 0.4) is 0 Å². The number of nitrogens with one attached hydrogen (secondary N) is 1. The molecule has 2 aliphatic rings. The summed E-state index contributed by atoms with van der Waals surface area (Å²) in [5.74, 6) is 0.899. The van der Waals surface area contributed by atoms with E-state index in [1.807, 2.05) is 22.6 Å². The van der Waals surface area contributed by atoms with Crippen LogP contribution >= 0.6 is 23.1 Å². The van der Waals surface area contributed by atoms with E-state index in [4.69, 9.17) is 4.98 Å². The summed E-state index contributed by atoms with van der Waals surface area (Å²) >= 11 is 3.13. The summed E-state index contributed by atoms with van der Waals surface area (Å²) in [4.78, 5) is 34.4. The lowest BCUT2D eigenvalue weighted by Crippen LogP contribution is -2.43. The highest BCUT2D eigenvalue weighted by Crippen LogP contribution is 2.39. The van der Waals surface area contributed by atoms with Gasteiger partial charge >= 0.3 is 0 Å². The van der Waals surface area contributed by atoms with Gasteiger partial charge in [0.2, 0.25) is 11.8 Å². The fraction of sp³-hybridized carbons (Fsp3) is 0.375. The number of hydrogen-bond donors (Lipinski definition) is 1. The van der Waals surface area contributed by atoms with Crippen LogP contribution in [0.1, 0.15) is 48.9 Å². The van der Waals surface area contributed by atoms with E-state index in [2.05, 4.69) is 29.4 Å². The Labute approximate surface area is 204 Å². The molecule has 0 saturated carbocycles. The molecule has 174 valence electrons. The Morgan fingerprint density at radius 3 is 2.88 bits per heavy atom. The molecule has 1 aliphatic carbocycles. The second-order valence-electron chi connectivity index (χ2n) is 8.99. The summed E-state index contributed by atoms with van der Waals surface area (Å²) in [7, 11) is 0. The van der Waals surface area contributed by atoms with Crippen molar-refractivity contribution in [1.82, 2.24) is 19.6 Å². The maximum absolute atomic E-state index is 13.2. The van der Waals surface area contributed by atoms with Gasteiger partial charge in [-0.2, -0.15) is 0 Å². The van der Waals surface area contributed by atoms with Crippen molar-refractivity contribution < 1.29 is 9.59 Å². The molecule has 3 aromatic heterocycles. The van der Waals surface area contributed by atoms with Crippen LogP contribution in [0.2, 0.25) is 0 Å².